The van der Waals surface area contributed by atoms with Crippen LogP contribution in [0.3, 0.4) is 0 Å². The van der Waals surface area contributed by atoms with Gasteiger partial charge in [-0.15, -0.1) is 0 Å². The first kappa shape index (κ1) is 56.2. The first-order valence-corrected chi connectivity index (χ1v) is 24.6. The maximum atomic E-state index is 12.1. The van der Waals surface area contributed by atoms with Crippen molar-refractivity contribution in [2.75, 3.05) is 26.4 Å². The molecule has 9 nitrogen and oxygen atoms in total. The van der Waals surface area contributed by atoms with Crippen LogP contribution in [-0.2, 0) is 27.9 Å². The van der Waals surface area contributed by atoms with Gasteiger partial charge in [-0.2, -0.15) is 0 Å². The molecule has 0 spiro atoms. The minimum atomic E-state index is -4.44. The van der Waals surface area contributed by atoms with Gasteiger partial charge in [0.25, 0.3) is 0 Å². The van der Waals surface area contributed by atoms with Crippen molar-refractivity contribution in [3.63, 3.8) is 0 Å². The predicted octanol–water partition coefficient (Wildman–Crippen LogP) is 13.2. The van der Waals surface area contributed by atoms with Crippen molar-refractivity contribution in [1.29, 1.82) is 0 Å². The van der Waals surface area contributed by atoms with Crippen LogP contribution >= 0.6 is 7.82 Å². The lowest BCUT2D eigenvalue weighted by molar-refractivity contribution is -0.147. The molecule has 2 atom stereocenters. The maximum absolute atomic E-state index is 12.1. The van der Waals surface area contributed by atoms with Crippen LogP contribution in [0.5, 0.6) is 0 Å². The molecule has 0 aromatic carbocycles. The molecule has 0 aliphatic rings. The number of hydrogen-bond donors (Lipinski definition) is 3. The topological polar surface area (TPSA) is 131 Å². The van der Waals surface area contributed by atoms with Gasteiger partial charge < -0.3 is 20.1 Å². The number of phosphoric ester groups is 1. The highest BCUT2D eigenvalue weighted by Crippen LogP contribution is 2.42. The zero-order chi connectivity index (χ0) is 43.2. The number of aliphatic hydroxyl groups excluding tert-OH is 1. The lowest BCUT2D eigenvalue weighted by Gasteiger charge is -2.15. The summed E-state index contributed by atoms with van der Waals surface area (Å²) >= 11 is 0. The van der Waals surface area contributed by atoms with Gasteiger partial charge in [0.05, 0.1) is 13.2 Å². The lowest BCUT2D eigenvalue weighted by Crippen LogP contribution is -2.27. The molecule has 0 heterocycles. The average Bonchev–Trinajstić information content (AvgIpc) is 3.22. The zero-order valence-electron chi connectivity index (χ0n) is 37.2. The van der Waals surface area contributed by atoms with Crippen LogP contribution in [0.15, 0.2) is 85.1 Å². The maximum Gasteiger partial charge on any atom is 0.472 e. The third kappa shape index (κ3) is 46.1. The fourth-order valence-corrected chi connectivity index (χ4v) is 6.62. The Balaban J connectivity index is 3.69. The second-order valence-corrected chi connectivity index (χ2v) is 16.4. The van der Waals surface area contributed by atoms with Crippen molar-refractivity contribution in [2.45, 2.75) is 187 Å². The van der Waals surface area contributed by atoms with Gasteiger partial charge in [0.2, 0.25) is 5.91 Å². The quantitative estimate of drug-likeness (QED) is 0.0240. The van der Waals surface area contributed by atoms with E-state index in [1.807, 2.05) is 12.2 Å². The number of phosphoric acid groups is 1. The predicted molar refractivity (Wildman–Crippen MR) is 247 cm³/mol. The van der Waals surface area contributed by atoms with Gasteiger partial charge in [-0.25, -0.2) is 4.57 Å². The number of aliphatic hydroxyl groups is 1. The van der Waals surface area contributed by atoms with Crippen molar-refractivity contribution in [1.82, 2.24) is 5.32 Å². The molecule has 0 radical (unpaired) electrons. The van der Waals surface area contributed by atoms with Crippen molar-refractivity contribution < 1.29 is 37.9 Å². The van der Waals surface area contributed by atoms with E-state index in [0.717, 1.165) is 57.8 Å². The van der Waals surface area contributed by atoms with Gasteiger partial charge in [-0.1, -0.05) is 176 Å². The van der Waals surface area contributed by atoms with E-state index in [1.54, 1.807) is 0 Å². The summed E-state index contributed by atoms with van der Waals surface area (Å²) in [6.07, 6.45) is 56.7. The second kappa shape index (κ2) is 44.7. The number of carbonyl (C=O) groups is 2. The Morgan fingerprint density at radius 3 is 1.49 bits per heavy atom. The van der Waals surface area contributed by atoms with E-state index >= 15 is 0 Å². The van der Waals surface area contributed by atoms with Crippen molar-refractivity contribution in [3.8, 4) is 0 Å². The van der Waals surface area contributed by atoms with Crippen LogP contribution in [-0.4, -0.2) is 54.3 Å². The third-order valence-electron chi connectivity index (χ3n) is 9.32. The number of hydrogen-bond acceptors (Lipinski definition) is 7. The van der Waals surface area contributed by atoms with E-state index in [1.165, 1.54) is 89.9 Å². The van der Waals surface area contributed by atoms with Crippen LogP contribution in [0.2, 0.25) is 0 Å². The minimum Gasteiger partial charge on any atom is -0.463 e. The van der Waals surface area contributed by atoms with Crippen LogP contribution in [0.25, 0.3) is 0 Å². The summed E-state index contributed by atoms with van der Waals surface area (Å²) in [7, 11) is -4.44. The molecule has 3 N–H and O–H groups in total. The van der Waals surface area contributed by atoms with Gasteiger partial charge in [-0.3, -0.25) is 18.6 Å². The van der Waals surface area contributed by atoms with Crippen LogP contribution in [0, 0.1) is 0 Å². The number of ether oxygens (including phenoxy) is 1. The first-order chi connectivity index (χ1) is 28.8. The van der Waals surface area contributed by atoms with E-state index in [0.29, 0.717) is 12.8 Å². The summed E-state index contributed by atoms with van der Waals surface area (Å²) in [6.45, 7) is 3.33. The molecule has 10 heteroatoms. The van der Waals surface area contributed by atoms with E-state index in [2.05, 4.69) is 92.1 Å². The number of esters is 1. The number of unbranched alkanes of at least 4 members (excludes halogenated alkanes) is 15. The Morgan fingerprint density at radius 1 is 0.542 bits per heavy atom. The molecule has 0 aromatic rings. The second-order valence-electron chi connectivity index (χ2n) is 15.0. The molecule has 0 fully saturated rings. The van der Waals surface area contributed by atoms with E-state index in [4.69, 9.17) is 13.8 Å². The van der Waals surface area contributed by atoms with Gasteiger partial charge in [0.15, 0.2) is 0 Å². The van der Waals surface area contributed by atoms with Gasteiger partial charge >= 0.3 is 13.8 Å². The Kier molecular flexibility index (Phi) is 42.6. The number of rotatable bonds is 42. The summed E-state index contributed by atoms with van der Waals surface area (Å²) in [6, 6.07) is 0. The largest absolute Gasteiger partial charge is 0.472 e. The molecule has 0 bridgehead atoms. The number of nitrogens with one attached hydrogen (secondary N) is 1. The van der Waals surface area contributed by atoms with Crippen molar-refractivity contribution >= 4 is 19.7 Å². The van der Waals surface area contributed by atoms with E-state index in [-0.39, 0.29) is 32.1 Å². The minimum absolute atomic E-state index is 0.0359. The van der Waals surface area contributed by atoms with E-state index in [9.17, 15) is 24.2 Å². The molecule has 338 valence electrons. The molecule has 0 saturated heterocycles. The monoisotopic (exact) mass is 846 g/mol. The summed E-state index contributed by atoms with van der Waals surface area (Å²) < 4.78 is 26.9. The molecule has 0 aliphatic carbocycles. The highest BCUT2D eigenvalue weighted by Gasteiger charge is 2.23. The Hall–Kier alpha value is -2.81. The van der Waals surface area contributed by atoms with Crippen LogP contribution in [0.1, 0.15) is 181 Å². The van der Waals surface area contributed by atoms with Gasteiger partial charge in [0.1, 0.15) is 12.7 Å². The smallest absolute Gasteiger partial charge is 0.463 e. The van der Waals surface area contributed by atoms with Gasteiger partial charge in [0, 0.05) is 19.4 Å². The molecule has 0 aromatic heterocycles. The first-order valence-electron chi connectivity index (χ1n) is 23.1. The number of amides is 1. The number of allylic oxidation sites excluding steroid dienone is 14. The summed E-state index contributed by atoms with van der Waals surface area (Å²) in [4.78, 5) is 33.9. The summed E-state index contributed by atoms with van der Waals surface area (Å²) in [5, 5.41) is 12.7. The molecule has 1 amide bonds. The van der Waals surface area contributed by atoms with E-state index < -0.39 is 26.5 Å². The Labute approximate surface area is 360 Å². The Morgan fingerprint density at radius 2 is 0.983 bits per heavy atom. The standard InChI is InChI=1S/C49H84NO8P/c1-3-5-7-9-11-13-15-17-19-21-23-25-27-29-31-33-35-37-39-41-48(52)50-43-44-57-59(54,55)58-46-47(51)45-56-49(53)42-40-38-36-34-32-30-28-26-24-22-20-18-16-14-12-10-8-6-4-2/h5,7,11,13,17-20,23,25,29,31,35,37,47,51H,3-4,6,8-10,12,14-16,21-22,24,26-28,30,32-34,36,38-46H2,1-2H3,(H,50,52)(H,54,55)/b7-5-,13-11-,19-17-,20-18+,25-23-,31-29-,37-35-. The normalized spacial score (nSPS) is 14.0. The number of carbonyl (C=O) groups excluding carboxylic acids is 2. The van der Waals surface area contributed by atoms with Crippen LogP contribution in [0.4, 0.5) is 0 Å². The molecular formula is C49H84NO8P. The Bertz CT molecular complexity index is 1240. The summed E-state index contributed by atoms with van der Waals surface area (Å²) in [5.41, 5.74) is 0. The van der Waals surface area contributed by atoms with Crippen molar-refractivity contribution in [3.05, 3.63) is 85.1 Å². The third-order valence-corrected chi connectivity index (χ3v) is 10.3. The summed E-state index contributed by atoms with van der Waals surface area (Å²) in [5.74, 6) is -0.609. The highest BCUT2D eigenvalue weighted by atomic mass is 31.2. The molecule has 0 aliphatic heterocycles. The fraction of sp³-hybridized carbons (Fsp3) is 0.673. The molecular weight excluding hydrogens is 762 g/mol. The molecule has 0 saturated carbocycles. The van der Waals surface area contributed by atoms with Gasteiger partial charge in [-0.05, 0) is 77.0 Å². The molecule has 59 heavy (non-hydrogen) atoms. The molecule has 2 unspecified atom stereocenters. The lowest BCUT2D eigenvalue weighted by atomic mass is 10.1. The van der Waals surface area contributed by atoms with Crippen LogP contribution < -0.4 is 5.32 Å². The zero-order valence-corrected chi connectivity index (χ0v) is 38.1. The average molecular weight is 846 g/mol. The molecule has 0 rings (SSSR count). The van der Waals surface area contributed by atoms with Crippen molar-refractivity contribution in [2.24, 2.45) is 0 Å². The fourth-order valence-electron chi connectivity index (χ4n) is 5.87. The SMILES string of the molecule is CC/C=C\C/C=C\C/C=C\C/C=C\C/C=C\C/C=C\CCC(=O)NCCOP(=O)(O)OCC(O)COC(=O)CCCCCCCCCCC/C=C/CCCCCCCC. The highest BCUT2D eigenvalue weighted by molar-refractivity contribution is 7.47.